The number of hydrogen-bond acceptors (Lipinski definition) is 6. The molecule has 3 aromatic carbocycles. The number of sulfonamides is 1. The van der Waals surface area contributed by atoms with Gasteiger partial charge in [-0.1, -0.05) is 35.9 Å². The number of nitrogens with one attached hydrogen (secondary N) is 1. The first kappa shape index (κ1) is 25.2. The van der Waals surface area contributed by atoms with E-state index >= 15 is 0 Å². The summed E-state index contributed by atoms with van der Waals surface area (Å²) in [4.78, 5) is 11.7. The zero-order chi connectivity index (χ0) is 25.7. The molecule has 0 fully saturated rings. The van der Waals surface area contributed by atoms with Gasteiger partial charge in [0.15, 0.2) is 0 Å². The molecule has 4 rings (SSSR count). The Bertz CT molecular complexity index is 1500. The molecular weight excluding hydrogens is 512 g/mol. The highest BCUT2D eigenvalue weighted by Gasteiger charge is 2.23. The van der Waals surface area contributed by atoms with Crippen molar-refractivity contribution in [1.29, 1.82) is 0 Å². The van der Waals surface area contributed by atoms with E-state index in [4.69, 9.17) is 16.3 Å². The van der Waals surface area contributed by atoms with E-state index in [0.29, 0.717) is 41.3 Å². The maximum absolute atomic E-state index is 13.9. The molecule has 0 bridgehead atoms. The first-order valence-electron chi connectivity index (χ1n) is 10.5. The van der Waals surface area contributed by atoms with Gasteiger partial charge in [-0.05, 0) is 48.0 Å². The summed E-state index contributed by atoms with van der Waals surface area (Å²) in [7, 11) is -4.56. The van der Waals surface area contributed by atoms with Crippen LogP contribution in [0.25, 0.3) is 11.3 Å². The average Bonchev–Trinajstić information content (AvgIpc) is 2.85. The Morgan fingerprint density at radius 1 is 0.944 bits per heavy atom. The minimum atomic E-state index is -4.56. The SMILES string of the molecule is O=C(NS(=O)(=O)c1ccc(F)cc1F)c1cccc(-c2ccc(OCCc3ccc(Cl)cc3)nn2)c1. The Balaban J connectivity index is 1.41. The fraction of sp³-hybridized carbons (Fsp3) is 0.0800. The van der Waals surface area contributed by atoms with Crippen LogP contribution in [0.2, 0.25) is 5.02 Å². The van der Waals surface area contributed by atoms with Gasteiger partial charge < -0.3 is 4.74 Å². The van der Waals surface area contributed by atoms with Gasteiger partial charge in [0, 0.05) is 34.7 Å². The molecule has 0 spiro atoms. The lowest BCUT2D eigenvalue weighted by Gasteiger charge is -2.09. The summed E-state index contributed by atoms with van der Waals surface area (Å²) >= 11 is 5.87. The standard InChI is InChI=1S/C25H18ClF2N3O4S/c26-19-6-4-16(5-7-19)12-13-35-24-11-9-22(29-30-24)17-2-1-3-18(14-17)25(32)31-36(33,34)23-10-8-20(27)15-21(23)28/h1-11,14-15H,12-13H2,(H,31,32). The highest BCUT2D eigenvalue weighted by atomic mass is 35.5. The first-order valence-corrected chi connectivity index (χ1v) is 12.4. The molecule has 1 heterocycles. The zero-order valence-electron chi connectivity index (χ0n) is 18.5. The predicted octanol–water partition coefficient (Wildman–Crippen LogP) is 4.82. The topological polar surface area (TPSA) is 98.2 Å². The summed E-state index contributed by atoms with van der Waals surface area (Å²) in [5.41, 5.74) is 1.96. The second kappa shape index (κ2) is 10.8. The van der Waals surface area contributed by atoms with Crippen molar-refractivity contribution < 1.29 is 26.7 Å². The summed E-state index contributed by atoms with van der Waals surface area (Å²) in [6.45, 7) is 0.383. The molecule has 11 heteroatoms. The fourth-order valence-electron chi connectivity index (χ4n) is 3.22. The van der Waals surface area contributed by atoms with Crippen LogP contribution < -0.4 is 9.46 Å². The number of aromatic nitrogens is 2. The van der Waals surface area contributed by atoms with E-state index < -0.39 is 32.5 Å². The van der Waals surface area contributed by atoms with Crippen LogP contribution in [0.5, 0.6) is 5.88 Å². The molecule has 0 saturated heterocycles. The van der Waals surface area contributed by atoms with Gasteiger partial charge in [0.05, 0.1) is 12.3 Å². The van der Waals surface area contributed by atoms with Gasteiger partial charge in [-0.15, -0.1) is 10.2 Å². The van der Waals surface area contributed by atoms with Crippen LogP contribution in [0.3, 0.4) is 0 Å². The van der Waals surface area contributed by atoms with Crippen LogP contribution in [0, 0.1) is 11.6 Å². The van der Waals surface area contributed by atoms with Gasteiger partial charge in [-0.3, -0.25) is 4.79 Å². The van der Waals surface area contributed by atoms with Gasteiger partial charge in [0.25, 0.3) is 15.9 Å². The number of halogens is 3. The van der Waals surface area contributed by atoms with Crippen molar-refractivity contribution in [3.63, 3.8) is 0 Å². The largest absolute Gasteiger partial charge is 0.476 e. The Kier molecular flexibility index (Phi) is 7.56. The normalized spacial score (nSPS) is 11.2. The molecule has 1 amide bonds. The lowest BCUT2D eigenvalue weighted by molar-refractivity contribution is 0.0981. The van der Waals surface area contributed by atoms with Crippen molar-refractivity contribution in [3.05, 3.63) is 107 Å². The number of nitrogens with zero attached hydrogens (tertiary/aromatic N) is 2. The van der Waals surface area contributed by atoms with Gasteiger partial charge >= 0.3 is 0 Å². The quantitative estimate of drug-likeness (QED) is 0.351. The maximum atomic E-state index is 13.9. The van der Waals surface area contributed by atoms with E-state index in [1.54, 1.807) is 35.1 Å². The molecular formula is C25H18ClF2N3O4S. The molecule has 0 atom stereocenters. The maximum Gasteiger partial charge on any atom is 0.267 e. The molecule has 7 nitrogen and oxygen atoms in total. The highest BCUT2D eigenvalue weighted by molar-refractivity contribution is 7.90. The van der Waals surface area contributed by atoms with Crippen molar-refractivity contribution in [2.75, 3.05) is 6.61 Å². The molecule has 0 saturated carbocycles. The smallest absolute Gasteiger partial charge is 0.267 e. The molecule has 1 aromatic heterocycles. The highest BCUT2D eigenvalue weighted by Crippen LogP contribution is 2.21. The van der Waals surface area contributed by atoms with Gasteiger partial charge in [-0.25, -0.2) is 21.9 Å². The molecule has 0 aliphatic rings. The second-order valence-electron chi connectivity index (χ2n) is 7.57. The molecule has 184 valence electrons. The second-order valence-corrected chi connectivity index (χ2v) is 9.66. The summed E-state index contributed by atoms with van der Waals surface area (Å²) in [5, 5.41) is 8.79. The third-order valence-electron chi connectivity index (χ3n) is 5.03. The molecule has 0 aliphatic heterocycles. The zero-order valence-corrected chi connectivity index (χ0v) is 20.1. The van der Waals surface area contributed by atoms with Gasteiger partial charge in [0.1, 0.15) is 16.5 Å². The fourth-order valence-corrected chi connectivity index (χ4v) is 4.39. The molecule has 0 radical (unpaired) electrons. The van der Waals surface area contributed by atoms with Crippen molar-refractivity contribution in [1.82, 2.24) is 14.9 Å². The van der Waals surface area contributed by atoms with Crippen molar-refractivity contribution in [3.8, 4) is 17.1 Å². The summed E-state index contributed by atoms with van der Waals surface area (Å²) in [6.07, 6.45) is 0.655. The minimum absolute atomic E-state index is 0.0105. The Hall–Kier alpha value is -3.89. The van der Waals surface area contributed by atoms with E-state index in [1.165, 1.54) is 18.2 Å². The lowest BCUT2D eigenvalue weighted by Crippen LogP contribution is -2.31. The predicted molar refractivity (Wildman–Crippen MR) is 129 cm³/mol. The average molecular weight is 530 g/mol. The van der Waals surface area contributed by atoms with Crippen LogP contribution >= 0.6 is 11.6 Å². The van der Waals surface area contributed by atoms with Gasteiger partial charge in [0.2, 0.25) is 5.88 Å². The van der Waals surface area contributed by atoms with Crippen molar-refractivity contribution in [2.45, 2.75) is 11.3 Å². The summed E-state index contributed by atoms with van der Waals surface area (Å²) in [6, 6.07) is 18.6. The lowest BCUT2D eigenvalue weighted by atomic mass is 10.1. The molecule has 4 aromatic rings. The van der Waals surface area contributed by atoms with E-state index in [1.807, 2.05) is 12.1 Å². The number of rotatable bonds is 8. The number of benzene rings is 3. The Labute approximate surface area is 210 Å². The van der Waals surface area contributed by atoms with Crippen LogP contribution in [0.15, 0.2) is 83.8 Å². The van der Waals surface area contributed by atoms with Crippen molar-refractivity contribution in [2.24, 2.45) is 0 Å². The van der Waals surface area contributed by atoms with E-state index in [2.05, 4.69) is 10.2 Å². The Morgan fingerprint density at radius 2 is 1.72 bits per heavy atom. The van der Waals surface area contributed by atoms with E-state index in [9.17, 15) is 22.0 Å². The van der Waals surface area contributed by atoms with Gasteiger partial charge in [-0.2, -0.15) is 0 Å². The van der Waals surface area contributed by atoms with Crippen LogP contribution in [-0.4, -0.2) is 31.1 Å². The van der Waals surface area contributed by atoms with E-state index in [0.717, 1.165) is 17.7 Å². The van der Waals surface area contributed by atoms with Crippen LogP contribution in [0.1, 0.15) is 15.9 Å². The van der Waals surface area contributed by atoms with Crippen LogP contribution in [-0.2, 0) is 16.4 Å². The monoisotopic (exact) mass is 529 g/mol. The number of carbonyl (C=O) groups is 1. The third kappa shape index (κ3) is 6.21. The molecule has 36 heavy (non-hydrogen) atoms. The van der Waals surface area contributed by atoms with E-state index in [-0.39, 0.29) is 5.56 Å². The Morgan fingerprint density at radius 3 is 2.42 bits per heavy atom. The number of carbonyl (C=O) groups excluding carboxylic acids is 1. The number of ether oxygens (including phenoxy) is 1. The van der Waals surface area contributed by atoms with Crippen LogP contribution in [0.4, 0.5) is 8.78 Å². The first-order chi connectivity index (χ1) is 17.2. The number of hydrogen-bond donors (Lipinski definition) is 1. The number of amides is 1. The summed E-state index contributed by atoms with van der Waals surface area (Å²) in [5.74, 6) is -2.93. The molecule has 0 unspecified atom stereocenters. The molecule has 1 N–H and O–H groups in total. The summed E-state index contributed by atoms with van der Waals surface area (Å²) < 4.78 is 59.2. The third-order valence-corrected chi connectivity index (χ3v) is 6.64. The van der Waals surface area contributed by atoms with Crippen molar-refractivity contribution >= 4 is 27.5 Å². The molecule has 0 aliphatic carbocycles. The minimum Gasteiger partial charge on any atom is -0.476 e.